The van der Waals surface area contributed by atoms with Gasteiger partial charge in [0.2, 0.25) is 0 Å². The van der Waals surface area contributed by atoms with Gasteiger partial charge in [0, 0.05) is 0 Å². The van der Waals surface area contributed by atoms with Crippen molar-refractivity contribution in [2.45, 2.75) is 84.3 Å². The molecule has 1 aliphatic heterocycles. The molecule has 21 heavy (non-hydrogen) atoms. The van der Waals surface area contributed by atoms with Crippen LogP contribution in [0.5, 0.6) is 0 Å². The first kappa shape index (κ1) is 15.3. The molecule has 3 fully saturated rings. The molecule has 5 atom stereocenters. The smallest absolute Gasteiger partial charge is 0.0920 e. The minimum atomic E-state index is 0.200. The normalized spacial score (nSPS) is 45.3. The zero-order valence-electron chi connectivity index (χ0n) is 14.4. The second-order valence-electron chi connectivity index (χ2n) is 8.55. The monoisotopic (exact) mass is 288 g/mol. The zero-order valence-corrected chi connectivity index (χ0v) is 14.4. The van der Waals surface area contributed by atoms with Crippen molar-refractivity contribution in [3.63, 3.8) is 0 Å². The molecule has 0 N–H and O–H groups in total. The fraction of sp³-hybridized carbons (Fsp3) is 0.800. The maximum atomic E-state index is 5.97. The molecule has 3 rings (SSSR count). The Hall–Kier alpha value is -0.560. The van der Waals surface area contributed by atoms with E-state index in [2.05, 4.69) is 40.3 Å². The maximum absolute atomic E-state index is 5.97. The third-order valence-corrected chi connectivity index (χ3v) is 6.57. The quantitative estimate of drug-likeness (QED) is 0.482. The van der Waals surface area contributed by atoms with Crippen LogP contribution in [0.15, 0.2) is 23.8 Å². The van der Waals surface area contributed by atoms with E-state index in [1.165, 1.54) is 56.1 Å². The number of allylic oxidation sites excluding steroid dienone is 3. The van der Waals surface area contributed by atoms with Crippen LogP contribution in [-0.4, -0.2) is 11.7 Å². The van der Waals surface area contributed by atoms with Crippen LogP contribution in [0, 0.1) is 17.3 Å². The molecule has 1 nitrogen and oxygen atoms in total. The molecule has 3 aliphatic rings. The number of hydrogen-bond acceptors (Lipinski definition) is 1. The van der Waals surface area contributed by atoms with Gasteiger partial charge in [-0.25, -0.2) is 0 Å². The first-order valence-corrected chi connectivity index (χ1v) is 8.83. The van der Waals surface area contributed by atoms with Gasteiger partial charge in [0.25, 0.3) is 0 Å². The van der Waals surface area contributed by atoms with E-state index in [4.69, 9.17) is 4.74 Å². The van der Waals surface area contributed by atoms with Crippen LogP contribution in [0.1, 0.15) is 72.6 Å². The van der Waals surface area contributed by atoms with Gasteiger partial charge in [-0.2, -0.15) is 0 Å². The van der Waals surface area contributed by atoms with Gasteiger partial charge in [0.1, 0.15) is 0 Å². The molecule has 0 aromatic rings. The van der Waals surface area contributed by atoms with E-state index in [0.29, 0.717) is 11.5 Å². The highest BCUT2D eigenvalue weighted by atomic mass is 16.6. The average molecular weight is 288 g/mol. The van der Waals surface area contributed by atoms with Gasteiger partial charge in [-0.1, -0.05) is 30.7 Å². The summed E-state index contributed by atoms with van der Waals surface area (Å²) >= 11 is 0. The lowest BCUT2D eigenvalue weighted by atomic mass is 9.50. The van der Waals surface area contributed by atoms with Gasteiger partial charge < -0.3 is 4.74 Å². The summed E-state index contributed by atoms with van der Waals surface area (Å²) in [5.41, 5.74) is 3.70. The van der Waals surface area contributed by atoms with E-state index >= 15 is 0 Å². The summed E-state index contributed by atoms with van der Waals surface area (Å²) in [6, 6.07) is 0. The molecule has 0 radical (unpaired) electrons. The summed E-state index contributed by atoms with van der Waals surface area (Å²) in [6.07, 6.45) is 11.9. The summed E-state index contributed by atoms with van der Waals surface area (Å²) < 4.78 is 5.97. The Morgan fingerprint density at radius 1 is 1.33 bits per heavy atom. The van der Waals surface area contributed by atoms with Crippen LogP contribution in [-0.2, 0) is 4.74 Å². The molecule has 0 aromatic carbocycles. The number of rotatable bonds is 3. The fourth-order valence-electron chi connectivity index (χ4n) is 4.90. The Morgan fingerprint density at radius 2 is 2.10 bits per heavy atom. The van der Waals surface area contributed by atoms with Gasteiger partial charge in [-0.05, 0) is 83.0 Å². The highest BCUT2D eigenvalue weighted by Crippen LogP contribution is 2.61. The van der Waals surface area contributed by atoms with Crippen molar-refractivity contribution >= 4 is 0 Å². The molecule has 0 spiro atoms. The highest BCUT2D eigenvalue weighted by Gasteiger charge is 2.56. The number of epoxide rings is 1. The topological polar surface area (TPSA) is 12.5 Å². The highest BCUT2D eigenvalue weighted by molar-refractivity contribution is 5.17. The Morgan fingerprint density at radius 3 is 2.81 bits per heavy atom. The molecule has 2 saturated carbocycles. The van der Waals surface area contributed by atoms with Crippen LogP contribution in [0.3, 0.4) is 0 Å². The summed E-state index contributed by atoms with van der Waals surface area (Å²) in [5.74, 6) is 1.64. The van der Waals surface area contributed by atoms with E-state index in [1.807, 2.05) is 0 Å². The zero-order chi connectivity index (χ0) is 15.3. The molecule has 2 aliphatic carbocycles. The number of fused-ring (bicyclic) bond motifs is 2. The number of hydrogen-bond donors (Lipinski definition) is 0. The summed E-state index contributed by atoms with van der Waals surface area (Å²) in [7, 11) is 0. The Bertz CT molecular complexity index is 458. The van der Waals surface area contributed by atoms with Crippen LogP contribution in [0.4, 0.5) is 0 Å². The average Bonchev–Trinajstić information content (AvgIpc) is 3.02. The lowest BCUT2D eigenvalue weighted by molar-refractivity contribution is -0.0254. The van der Waals surface area contributed by atoms with Crippen LogP contribution in [0.2, 0.25) is 0 Å². The summed E-state index contributed by atoms with van der Waals surface area (Å²) in [4.78, 5) is 0. The molecule has 1 heteroatoms. The van der Waals surface area contributed by atoms with Crippen molar-refractivity contribution in [3.8, 4) is 0 Å². The van der Waals surface area contributed by atoms with E-state index in [0.717, 1.165) is 11.8 Å². The Labute approximate surface area is 130 Å². The lowest BCUT2D eigenvalue weighted by Crippen LogP contribution is -2.46. The van der Waals surface area contributed by atoms with Crippen LogP contribution in [0.25, 0.3) is 0 Å². The molecule has 0 aromatic heterocycles. The standard InChI is InChI=1S/C20H32O/c1-14(2)7-6-11-19(4)13-16-15(3)8-9-18-20(5,21-18)12-10-17(16)19/h7,16-18H,3,6,8-13H2,1-2,4-5H3/t16-,17-,18-,19-,20?/m1/s1. The van der Waals surface area contributed by atoms with Gasteiger partial charge >= 0.3 is 0 Å². The largest absolute Gasteiger partial charge is 0.366 e. The van der Waals surface area contributed by atoms with Gasteiger partial charge in [0.05, 0.1) is 11.7 Å². The summed E-state index contributed by atoms with van der Waals surface area (Å²) in [6.45, 7) is 13.7. The van der Waals surface area contributed by atoms with Crippen molar-refractivity contribution in [2.24, 2.45) is 17.3 Å². The Balaban J connectivity index is 1.67. The minimum Gasteiger partial charge on any atom is -0.366 e. The number of ether oxygens (including phenoxy) is 1. The van der Waals surface area contributed by atoms with Crippen LogP contribution >= 0.6 is 0 Å². The van der Waals surface area contributed by atoms with E-state index in [-0.39, 0.29) is 5.60 Å². The third-order valence-electron chi connectivity index (χ3n) is 6.57. The van der Waals surface area contributed by atoms with Crippen LogP contribution < -0.4 is 0 Å². The van der Waals surface area contributed by atoms with Gasteiger partial charge in [0.15, 0.2) is 0 Å². The van der Waals surface area contributed by atoms with E-state index in [1.54, 1.807) is 0 Å². The molecule has 0 amide bonds. The lowest BCUT2D eigenvalue weighted by Gasteiger charge is -2.55. The van der Waals surface area contributed by atoms with E-state index < -0.39 is 0 Å². The molecule has 118 valence electrons. The van der Waals surface area contributed by atoms with Crippen molar-refractivity contribution in [1.82, 2.24) is 0 Å². The van der Waals surface area contributed by atoms with E-state index in [9.17, 15) is 0 Å². The predicted octanol–water partition coefficient (Wildman–Crippen LogP) is 5.66. The van der Waals surface area contributed by atoms with Crippen molar-refractivity contribution in [3.05, 3.63) is 23.8 Å². The molecular formula is C20H32O. The molecule has 1 heterocycles. The Kier molecular flexibility index (Phi) is 3.84. The molecular weight excluding hydrogens is 256 g/mol. The van der Waals surface area contributed by atoms with Gasteiger partial charge in [-0.3, -0.25) is 0 Å². The maximum Gasteiger partial charge on any atom is 0.0920 e. The molecule has 1 unspecified atom stereocenters. The molecule has 0 bridgehead atoms. The third kappa shape index (κ3) is 2.86. The fourth-order valence-corrected chi connectivity index (χ4v) is 4.90. The van der Waals surface area contributed by atoms with Crippen molar-refractivity contribution in [2.75, 3.05) is 0 Å². The summed E-state index contributed by atoms with van der Waals surface area (Å²) in [5, 5.41) is 0. The predicted molar refractivity (Wildman–Crippen MR) is 89.3 cm³/mol. The van der Waals surface area contributed by atoms with Crippen molar-refractivity contribution < 1.29 is 4.74 Å². The van der Waals surface area contributed by atoms with Crippen molar-refractivity contribution in [1.29, 1.82) is 0 Å². The minimum absolute atomic E-state index is 0.200. The molecule has 1 saturated heterocycles. The first-order valence-electron chi connectivity index (χ1n) is 8.83. The second-order valence-corrected chi connectivity index (χ2v) is 8.55. The first-order chi connectivity index (χ1) is 9.84. The van der Waals surface area contributed by atoms with Gasteiger partial charge in [-0.15, -0.1) is 0 Å². The second kappa shape index (κ2) is 5.26. The SMILES string of the molecule is C=C1CC[C@H]2OC2(C)CC[C@@H]2[C@@H]1C[C@@]2(C)CCC=C(C)C.